The van der Waals surface area contributed by atoms with Gasteiger partial charge in [0.15, 0.2) is 0 Å². The molecule has 2 aliphatic rings. The molecule has 2 aliphatic carbocycles. The number of aromatic nitrogens is 2. The number of carbonyl (C=O) groups excluding carboxylic acids is 1. The maximum absolute atomic E-state index is 13.8. The van der Waals surface area contributed by atoms with E-state index in [-0.39, 0.29) is 16.5 Å². The number of amides is 1. The summed E-state index contributed by atoms with van der Waals surface area (Å²) in [5.74, 6) is -1.89. The van der Waals surface area contributed by atoms with Crippen LogP contribution in [0.25, 0.3) is 11.1 Å². The van der Waals surface area contributed by atoms with Crippen LogP contribution in [0.3, 0.4) is 0 Å². The van der Waals surface area contributed by atoms with Gasteiger partial charge in [-0.2, -0.15) is 5.10 Å². The summed E-state index contributed by atoms with van der Waals surface area (Å²) in [6.45, 7) is 0. The van der Waals surface area contributed by atoms with Crippen LogP contribution in [0.5, 0.6) is 0 Å². The highest BCUT2D eigenvalue weighted by Gasteiger charge is 2.51. The summed E-state index contributed by atoms with van der Waals surface area (Å²) in [5.41, 5.74) is 1.39. The maximum Gasteiger partial charge on any atom is 0.336 e. The summed E-state index contributed by atoms with van der Waals surface area (Å²) < 4.78 is 15.7. The Morgan fingerprint density at radius 2 is 1.97 bits per heavy atom. The van der Waals surface area contributed by atoms with E-state index in [1.54, 1.807) is 24.4 Å². The van der Waals surface area contributed by atoms with Crippen molar-refractivity contribution in [2.75, 3.05) is 5.32 Å². The van der Waals surface area contributed by atoms with Crippen molar-refractivity contribution < 1.29 is 19.1 Å². The van der Waals surface area contributed by atoms with Crippen molar-refractivity contribution in [3.63, 3.8) is 0 Å². The molecule has 0 atom stereocenters. The molecule has 2 aromatic carbocycles. The predicted molar refractivity (Wildman–Crippen MR) is 118 cm³/mol. The standard InChI is InChI=1S/C24H21ClFN3O3/c25-16-8-15(9-17(26)10-16)24(6-7-24)23(32)28-18-4-5-20(21(11-18)22(30)31)14-12-27-29(13-14)19-2-1-3-19/h4-5,8-13,19H,1-3,6-7H2,(H,28,32)(H,30,31). The maximum atomic E-state index is 13.8. The third kappa shape index (κ3) is 3.66. The fourth-order valence-electron chi connectivity index (χ4n) is 4.23. The molecular formula is C24H21ClFN3O3. The molecule has 2 saturated carbocycles. The molecule has 1 amide bonds. The SMILES string of the molecule is O=C(O)c1cc(NC(=O)C2(c3cc(F)cc(Cl)c3)CC2)ccc1-c1cnn(C2CCC2)c1. The van der Waals surface area contributed by atoms with Gasteiger partial charge in [-0.3, -0.25) is 9.48 Å². The first-order valence-electron chi connectivity index (χ1n) is 10.6. The number of carbonyl (C=O) groups is 2. The van der Waals surface area contributed by atoms with E-state index in [1.165, 1.54) is 24.6 Å². The number of anilines is 1. The Labute approximate surface area is 189 Å². The van der Waals surface area contributed by atoms with Crippen molar-refractivity contribution in [2.45, 2.75) is 43.6 Å². The van der Waals surface area contributed by atoms with Gasteiger partial charge in [-0.25, -0.2) is 9.18 Å². The summed E-state index contributed by atoms with van der Waals surface area (Å²) in [6, 6.07) is 9.30. The molecule has 0 aliphatic heterocycles. The number of halogens is 2. The van der Waals surface area contributed by atoms with Crippen LogP contribution < -0.4 is 5.32 Å². The third-order valence-corrected chi connectivity index (χ3v) is 6.69. The van der Waals surface area contributed by atoms with Gasteiger partial charge in [-0.05, 0) is 73.6 Å². The van der Waals surface area contributed by atoms with Gasteiger partial charge in [0.2, 0.25) is 5.91 Å². The van der Waals surface area contributed by atoms with Gasteiger partial charge in [-0.1, -0.05) is 17.7 Å². The lowest BCUT2D eigenvalue weighted by Gasteiger charge is -2.25. The van der Waals surface area contributed by atoms with E-state index in [4.69, 9.17) is 11.6 Å². The first-order chi connectivity index (χ1) is 15.4. The van der Waals surface area contributed by atoms with Crippen LogP contribution in [0, 0.1) is 5.82 Å². The van der Waals surface area contributed by atoms with E-state index in [2.05, 4.69) is 10.4 Å². The Hall–Kier alpha value is -3.19. The van der Waals surface area contributed by atoms with Crippen molar-refractivity contribution in [3.8, 4) is 11.1 Å². The van der Waals surface area contributed by atoms with Gasteiger partial charge in [0, 0.05) is 22.5 Å². The molecule has 0 saturated heterocycles. The molecule has 0 unspecified atom stereocenters. The Balaban J connectivity index is 1.41. The van der Waals surface area contributed by atoms with Crippen molar-refractivity contribution in [1.29, 1.82) is 0 Å². The zero-order valence-electron chi connectivity index (χ0n) is 17.1. The predicted octanol–water partition coefficient (Wildman–Crippen LogP) is 5.44. The molecule has 0 bridgehead atoms. The van der Waals surface area contributed by atoms with E-state index in [0.717, 1.165) is 18.4 Å². The largest absolute Gasteiger partial charge is 0.478 e. The van der Waals surface area contributed by atoms with Crippen molar-refractivity contribution in [2.24, 2.45) is 0 Å². The minimum Gasteiger partial charge on any atom is -0.478 e. The van der Waals surface area contributed by atoms with Crippen LogP contribution in [0.2, 0.25) is 5.02 Å². The van der Waals surface area contributed by atoms with Crippen molar-refractivity contribution in [1.82, 2.24) is 9.78 Å². The number of carboxylic acid groups (broad SMARTS) is 1. The van der Waals surface area contributed by atoms with Crippen LogP contribution in [0.15, 0.2) is 48.8 Å². The Bertz CT molecular complexity index is 1210. The quantitative estimate of drug-likeness (QED) is 0.520. The zero-order chi connectivity index (χ0) is 22.5. The molecule has 2 fully saturated rings. The monoisotopic (exact) mass is 453 g/mol. The normalized spacial score (nSPS) is 16.9. The van der Waals surface area contributed by atoms with Gasteiger partial charge in [0.25, 0.3) is 0 Å². The third-order valence-electron chi connectivity index (χ3n) is 6.47. The lowest BCUT2D eigenvalue weighted by molar-refractivity contribution is -0.118. The molecule has 1 aromatic heterocycles. The van der Waals surface area contributed by atoms with Crippen LogP contribution in [-0.2, 0) is 10.2 Å². The van der Waals surface area contributed by atoms with Gasteiger partial charge in [0.05, 0.1) is 23.2 Å². The first-order valence-corrected chi connectivity index (χ1v) is 10.9. The molecule has 6 nitrogen and oxygen atoms in total. The lowest BCUT2D eigenvalue weighted by atomic mass is 9.93. The Kier molecular flexibility index (Phi) is 5.01. The summed E-state index contributed by atoms with van der Waals surface area (Å²) in [4.78, 5) is 25.0. The number of carboxylic acids is 1. The topological polar surface area (TPSA) is 84.2 Å². The number of aromatic carboxylic acids is 1. The highest BCUT2D eigenvalue weighted by molar-refractivity contribution is 6.30. The molecule has 32 heavy (non-hydrogen) atoms. The number of rotatable bonds is 6. The van der Waals surface area contributed by atoms with E-state index in [0.29, 0.717) is 35.7 Å². The fraction of sp³-hybridized carbons (Fsp3) is 0.292. The van der Waals surface area contributed by atoms with Crippen LogP contribution in [-0.4, -0.2) is 26.8 Å². The van der Waals surface area contributed by atoms with E-state index < -0.39 is 17.2 Å². The molecule has 2 N–H and O–H groups in total. The van der Waals surface area contributed by atoms with E-state index in [1.807, 2.05) is 10.9 Å². The summed E-state index contributed by atoms with van der Waals surface area (Å²) in [6.07, 6.45) is 8.03. The second kappa shape index (κ2) is 7.74. The van der Waals surface area contributed by atoms with Crippen LogP contribution in [0.4, 0.5) is 10.1 Å². The van der Waals surface area contributed by atoms with Gasteiger partial charge >= 0.3 is 5.97 Å². The van der Waals surface area contributed by atoms with Gasteiger partial charge in [0.1, 0.15) is 5.82 Å². The average molecular weight is 454 g/mol. The van der Waals surface area contributed by atoms with E-state index in [9.17, 15) is 19.1 Å². The minimum absolute atomic E-state index is 0.0783. The van der Waals surface area contributed by atoms with Crippen LogP contribution in [0.1, 0.15) is 54.1 Å². The highest BCUT2D eigenvalue weighted by Crippen LogP contribution is 2.49. The van der Waals surface area contributed by atoms with Crippen molar-refractivity contribution in [3.05, 3.63) is 70.8 Å². The Morgan fingerprint density at radius 1 is 1.19 bits per heavy atom. The van der Waals surface area contributed by atoms with Gasteiger partial charge < -0.3 is 10.4 Å². The number of nitrogens with zero attached hydrogens (tertiary/aromatic N) is 2. The fourth-order valence-corrected chi connectivity index (χ4v) is 4.45. The molecule has 5 rings (SSSR count). The lowest BCUT2D eigenvalue weighted by Crippen LogP contribution is -2.28. The number of hydrogen-bond acceptors (Lipinski definition) is 3. The van der Waals surface area contributed by atoms with E-state index >= 15 is 0 Å². The highest BCUT2D eigenvalue weighted by atomic mass is 35.5. The Morgan fingerprint density at radius 3 is 2.59 bits per heavy atom. The smallest absolute Gasteiger partial charge is 0.336 e. The number of nitrogens with one attached hydrogen (secondary N) is 1. The summed E-state index contributed by atoms with van der Waals surface area (Å²) in [5, 5.41) is 17.2. The number of hydrogen-bond donors (Lipinski definition) is 2. The van der Waals surface area contributed by atoms with Crippen molar-refractivity contribution >= 4 is 29.2 Å². The molecule has 0 spiro atoms. The molecule has 164 valence electrons. The van der Waals surface area contributed by atoms with Gasteiger partial charge in [-0.15, -0.1) is 0 Å². The molecule has 0 radical (unpaired) electrons. The second-order valence-electron chi connectivity index (χ2n) is 8.55. The molecule has 1 heterocycles. The van der Waals surface area contributed by atoms with Crippen LogP contribution >= 0.6 is 11.6 Å². The molecule has 3 aromatic rings. The summed E-state index contributed by atoms with van der Waals surface area (Å²) >= 11 is 5.97. The second-order valence-corrected chi connectivity index (χ2v) is 8.99. The molecule has 8 heteroatoms. The first kappa shape index (κ1) is 20.7. The molecular weight excluding hydrogens is 433 g/mol. The minimum atomic E-state index is -1.09. The zero-order valence-corrected chi connectivity index (χ0v) is 17.9. The number of benzene rings is 2. The summed E-state index contributed by atoms with van der Waals surface area (Å²) in [7, 11) is 0. The average Bonchev–Trinajstić information content (AvgIpc) is 3.39.